The minimum absolute atomic E-state index is 0. The van der Waals surface area contributed by atoms with Crippen LogP contribution in [0.3, 0.4) is 0 Å². The minimum atomic E-state index is -1.42. The smallest absolute Gasteiger partial charge is 0.191 e. The average Bonchev–Trinajstić information content (AvgIpc) is 2.95. The summed E-state index contributed by atoms with van der Waals surface area (Å²) in [5.74, 6) is -4.21. The summed E-state index contributed by atoms with van der Waals surface area (Å²) in [5.41, 5.74) is -0.688. The molecule has 0 saturated carbocycles. The molecule has 136 valence electrons. The van der Waals surface area contributed by atoms with Crippen molar-refractivity contribution < 1.29 is 17.6 Å². The van der Waals surface area contributed by atoms with Crippen LogP contribution in [0.15, 0.2) is 11.1 Å². The zero-order valence-electron chi connectivity index (χ0n) is 13.4. The van der Waals surface area contributed by atoms with E-state index in [0.29, 0.717) is 12.5 Å². The molecular weight excluding hydrogens is 457 g/mol. The van der Waals surface area contributed by atoms with E-state index in [1.807, 2.05) is 11.8 Å². The Labute approximate surface area is 160 Å². The first kappa shape index (κ1) is 21.3. The lowest BCUT2D eigenvalue weighted by molar-refractivity contribution is 0.437. The van der Waals surface area contributed by atoms with Crippen LogP contribution in [0.25, 0.3) is 0 Å². The molecule has 0 spiro atoms. The molecule has 2 rings (SSSR count). The fourth-order valence-corrected chi connectivity index (χ4v) is 3.66. The van der Waals surface area contributed by atoms with Gasteiger partial charge in [-0.05, 0) is 25.5 Å². The Kier molecular flexibility index (Phi) is 8.10. The molecule has 0 aromatic heterocycles. The third-order valence-electron chi connectivity index (χ3n) is 3.79. The monoisotopic (exact) mass is 477 g/mol. The number of guanidine groups is 1. The Morgan fingerprint density at radius 1 is 1.21 bits per heavy atom. The fraction of sp³-hybridized carbons (Fsp3) is 0.533. The zero-order chi connectivity index (χ0) is 17.0. The van der Waals surface area contributed by atoms with Crippen molar-refractivity contribution in [1.29, 1.82) is 0 Å². The Bertz CT molecular complexity index is 581. The van der Waals surface area contributed by atoms with Crippen molar-refractivity contribution >= 4 is 41.7 Å². The van der Waals surface area contributed by atoms with Crippen molar-refractivity contribution in [3.63, 3.8) is 0 Å². The summed E-state index contributed by atoms with van der Waals surface area (Å²) >= 11 is 1.86. The minimum Gasteiger partial charge on any atom is -0.355 e. The van der Waals surface area contributed by atoms with Crippen molar-refractivity contribution in [3.8, 4) is 0 Å². The maximum absolute atomic E-state index is 13.6. The highest BCUT2D eigenvalue weighted by atomic mass is 127. The third-order valence-corrected chi connectivity index (χ3v) is 5.33. The van der Waals surface area contributed by atoms with E-state index in [9.17, 15) is 17.6 Å². The second kappa shape index (κ2) is 9.12. The van der Waals surface area contributed by atoms with Crippen molar-refractivity contribution in [2.75, 3.05) is 19.3 Å². The highest BCUT2D eigenvalue weighted by Crippen LogP contribution is 2.36. The first-order chi connectivity index (χ1) is 10.9. The van der Waals surface area contributed by atoms with Crippen LogP contribution in [0.1, 0.15) is 25.3 Å². The van der Waals surface area contributed by atoms with Gasteiger partial charge in [-0.15, -0.1) is 24.0 Å². The first-order valence-corrected chi connectivity index (χ1v) is 8.25. The molecule has 0 amide bonds. The zero-order valence-corrected chi connectivity index (χ0v) is 16.5. The molecule has 1 saturated heterocycles. The predicted octanol–water partition coefficient (Wildman–Crippen LogP) is 3.81. The molecule has 1 aliphatic heterocycles. The molecule has 0 aliphatic carbocycles. The molecule has 9 heteroatoms. The van der Waals surface area contributed by atoms with Gasteiger partial charge in [0.25, 0.3) is 0 Å². The summed E-state index contributed by atoms with van der Waals surface area (Å²) in [7, 11) is 1.51. The molecule has 2 N–H and O–H groups in total. The number of thioether (sulfide) groups is 1. The van der Waals surface area contributed by atoms with Gasteiger partial charge in [0.2, 0.25) is 0 Å². The van der Waals surface area contributed by atoms with Crippen LogP contribution in [0.4, 0.5) is 17.6 Å². The number of nitrogens with one attached hydrogen (secondary N) is 2. The lowest BCUT2D eigenvalue weighted by Crippen LogP contribution is -2.43. The van der Waals surface area contributed by atoms with E-state index in [2.05, 4.69) is 22.5 Å². The maximum Gasteiger partial charge on any atom is 0.191 e. The SMILES string of the molecule is CN=C(NCc1c(F)c(F)cc(F)c1F)NCC1(C)CCCS1.I. The summed E-state index contributed by atoms with van der Waals surface area (Å²) in [6, 6.07) is 0.194. The first-order valence-electron chi connectivity index (χ1n) is 7.26. The van der Waals surface area contributed by atoms with Gasteiger partial charge >= 0.3 is 0 Å². The van der Waals surface area contributed by atoms with Crippen molar-refractivity contribution in [1.82, 2.24) is 10.6 Å². The Hall–Kier alpha value is -0.710. The number of rotatable bonds is 4. The van der Waals surface area contributed by atoms with E-state index in [4.69, 9.17) is 0 Å². The van der Waals surface area contributed by atoms with Gasteiger partial charge in [0.1, 0.15) is 0 Å². The standard InChI is InChI=1S/C15H19F4N3S.HI/c1-15(4-3-5-23-15)8-22-14(20-2)21-7-9-12(18)10(16)6-11(17)13(9)19;/h6H,3-5,7-8H2,1-2H3,(H2,20,21,22);1H. The van der Waals surface area contributed by atoms with E-state index >= 15 is 0 Å². The lowest BCUT2D eigenvalue weighted by atomic mass is 10.1. The number of nitrogens with zero attached hydrogens (tertiary/aromatic N) is 1. The highest BCUT2D eigenvalue weighted by molar-refractivity contribution is 14.0. The third kappa shape index (κ3) is 5.14. The van der Waals surface area contributed by atoms with E-state index in [1.54, 1.807) is 0 Å². The molecule has 1 unspecified atom stereocenters. The number of benzene rings is 1. The lowest BCUT2D eigenvalue weighted by Gasteiger charge is -2.24. The number of hydrogen-bond donors (Lipinski definition) is 2. The summed E-state index contributed by atoms with van der Waals surface area (Å²) in [4.78, 5) is 3.95. The summed E-state index contributed by atoms with van der Waals surface area (Å²) in [6.07, 6.45) is 2.22. The molecule has 24 heavy (non-hydrogen) atoms. The quantitative estimate of drug-likeness (QED) is 0.228. The van der Waals surface area contributed by atoms with Gasteiger partial charge in [0.15, 0.2) is 29.2 Å². The van der Waals surface area contributed by atoms with Gasteiger partial charge in [0.05, 0.1) is 0 Å². The largest absolute Gasteiger partial charge is 0.355 e. The molecule has 0 bridgehead atoms. The topological polar surface area (TPSA) is 36.4 Å². The fourth-order valence-electron chi connectivity index (χ4n) is 2.42. The van der Waals surface area contributed by atoms with Crippen LogP contribution in [0.5, 0.6) is 0 Å². The normalized spacial score (nSPS) is 20.7. The van der Waals surface area contributed by atoms with Gasteiger partial charge in [0, 0.05) is 36.5 Å². The van der Waals surface area contributed by atoms with Gasteiger partial charge in [-0.2, -0.15) is 11.8 Å². The van der Waals surface area contributed by atoms with E-state index in [-0.39, 0.29) is 34.8 Å². The number of hydrogen-bond acceptors (Lipinski definition) is 2. The molecule has 1 heterocycles. The van der Waals surface area contributed by atoms with Crippen LogP contribution in [0, 0.1) is 23.3 Å². The molecular formula is C15H20F4IN3S. The second-order valence-corrected chi connectivity index (χ2v) is 7.31. The Morgan fingerprint density at radius 2 is 1.83 bits per heavy atom. The van der Waals surface area contributed by atoms with Crippen molar-refractivity contribution in [2.24, 2.45) is 4.99 Å². The Balaban J connectivity index is 0.00000288. The number of halogens is 5. The van der Waals surface area contributed by atoms with E-state index in [0.717, 1.165) is 18.6 Å². The summed E-state index contributed by atoms with van der Waals surface area (Å²) in [5, 5.41) is 5.76. The van der Waals surface area contributed by atoms with E-state index < -0.39 is 35.4 Å². The van der Waals surface area contributed by atoms with Gasteiger partial charge in [-0.1, -0.05) is 0 Å². The van der Waals surface area contributed by atoms with Crippen LogP contribution in [0.2, 0.25) is 0 Å². The molecule has 0 radical (unpaired) electrons. The molecule has 1 aliphatic rings. The number of aliphatic imine (C=N–C) groups is 1. The van der Waals surface area contributed by atoms with Crippen molar-refractivity contribution in [3.05, 3.63) is 34.9 Å². The van der Waals surface area contributed by atoms with Gasteiger partial charge < -0.3 is 10.6 Å². The van der Waals surface area contributed by atoms with E-state index in [1.165, 1.54) is 7.05 Å². The Morgan fingerprint density at radius 3 is 2.33 bits per heavy atom. The van der Waals surface area contributed by atoms with Crippen LogP contribution in [-0.2, 0) is 6.54 Å². The molecule has 3 nitrogen and oxygen atoms in total. The molecule has 1 aromatic rings. The molecule has 1 atom stereocenters. The summed E-state index contributed by atoms with van der Waals surface area (Å²) < 4.78 is 53.6. The average molecular weight is 477 g/mol. The maximum atomic E-state index is 13.6. The summed E-state index contributed by atoms with van der Waals surface area (Å²) in [6.45, 7) is 2.36. The molecule has 1 fully saturated rings. The molecule has 1 aromatic carbocycles. The van der Waals surface area contributed by atoms with Crippen LogP contribution >= 0.6 is 35.7 Å². The van der Waals surface area contributed by atoms with Crippen LogP contribution in [-0.4, -0.2) is 30.1 Å². The van der Waals surface area contributed by atoms with Crippen LogP contribution < -0.4 is 10.6 Å². The second-order valence-electron chi connectivity index (χ2n) is 5.63. The van der Waals surface area contributed by atoms with Gasteiger partial charge in [-0.25, -0.2) is 17.6 Å². The van der Waals surface area contributed by atoms with Gasteiger partial charge in [-0.3, -0.25) is 4.99 Å². The predicted molar refractivity (Wildman–Crippen MR) is 100.0 cm³/mol. The van der Waals surface area contributed by atoms with Crippen molar-refractivity contribution in [2.45, 2.75) is 31.1 Å². The highest BCUT2D eigenvalue weighted by Gasteiger charge is 2.29.